The average Bonchev–Trinajstić information content (AvgIpc) is 1.67. The van der Waals surface area contributed by atoms with Crippen LogP contribution in [0.3, 0.4) is 0 Å². The lowest BCUT2D eigenvalue weighted by Gasteiger charge is -1.95. The second-order valence-electron chi connectivity index (χ2n) is 0.865. The smallest absolute Gasteiger partial charge is 0.411 e. The minimum Gasteiger partial charge on any atom is -0.753 e. The maximum atomic E-state index is 10.5. The van der Waals surface area contributed by atoms with Crippen molar-refractivity contribution in [3.05, 3.63) is 5.41 Å². The van der Waals surface area contributed by atoms with E-state index in [9.17, 15) is 13.2 Å². The Morgan fingerprint density at radius 2 is 1.67 bits per heavy atom. The standard InChI is InChI=1S/C2H3F3O.CNS/c3-2(4,5)1-6;2-1-3/h6H,1H2;/q;-1. The minimum atomic E-state index is -4.40. The Labute approximate surface area is 54.8 Å². The molecule has 0 aliphatic heterocycles. The summed E-state index contributed by atoms with van der Waals surface area (Å²) < 4.78 is 31.6. The van der Waals surface area contributed by atoms with Gasteiger partial charge in [0.1, 0.15) is 6.61 Å². The summed E-state index contributed by atoms with van der Waals surface area (Å²) in [5, 5.41) is 15.7. The number of hydrogen-bond acceptors (Lipinski definition) is 2. The van der Waals surface area contributed by atoms with E-state index in [4.69, 9.17) is 10.5 Å². The Morgan fingerprint density at radius 1 is 1.56 bits per heavy atom. The summed E-state index contributed by atoms with van der Waals surface area (Å²) in [5.41, 5.74) is 0. The van der Waals surface area contributed by atoms with Gasteiger partial charge >= 0.3 is 6.18 Å². The van der Waals surface area contributed by atoms with E-state index in [0.717, 1.165) is 0 Å². The summed E-state index contributed by atoms with van der Waals surface area (Å²) in [4.78, 5) is 0. The highest BCUT2D eigenvalue weighted by molar-refractivity contribution is 7.78. The van der Waals surface area contributed by atoms with E-state index < -0.39 is 12.8 Å². The maximum Gasteiger partial charge on any atom is 0.411 e. The number of aliphatic hydroxyl groups is 1. The molecule has 0 spiro atoms. The SMILES string of the molecule is OCC(F)(F)F.[N-]=C=S. The molecule has 0 bridgehead atoms. The van der Waals surface area contributed by atoms with Crippen LogP contribution in [-0.4, -0.2) is 23.1 Å². The van der Waals surface area contributed by atoms with Crippen LogP contribution < -0.4 is 0 Å². The van der Waals surface area contributed by atoms with Gasteiger partial charge in [0.15, 0.2) is 0 Å². The molecule has 54 valence electrons. The second-order valence-corrected chi connectivity index (χ2v) is 1.05. The fourth-order valence-corrected chi connectivity index (χ4v) is 0. The summed E-state index contributed by atoms with van der Waals surface area (Å²) in [5.74, 6) is 0. The Bertz CT molecular complexity index is 95.7. The molecule has 0 aromatic heterocycles. The number of hydrogen-bond donors (Lipinski definition) is 1. The molecule has 0 radical (unpaired) electrons. The monoisotopic (exact) mass is 158 g/mol. The van der Waals surface area contributed by atoms with Gasteiger partial charge in [0, 0.05) is 0 Å². The molecule has 0 atom stereocenters. The highest BCUT2D eigenvalue weighted by Gasteiger charge is 2.24. The minimum absolute atomic E-state index is 1.33. The molecule has 2 nitrogen and oxygen atoms in total. The quantitative estimate of drug-likeness (QED) is 0.425. The Hall–Kier alpha value is -0.450. The van der Waals surface area contributed by atoms with Gasteiger partial charge in [-0.05, 0) is 0 Å². The molecule has 1 N–H and O–H groups in total. The van der Waals surface area contributed by atoms with E-state index in [1.54, 1.807) is 0 Å². The second kappa shape index (κ2) is 5.68. The first-order valence-corrected chi connectivity index (χ1v) is 2.07. The summed E-state index contributed by atoms with van der Waals surface area (Å²) in [6, 6.07) is 0. The van der Waals surface area contributed by atoms with Crippen LogP contribution >= 0.6 is 12.2 Å². The zero-order valence-corrected chi connectivity index (χ0v) is 4.96. The number of isothiocyanates is 1. The summed E-state index contributed by atoms with van der Waals surface area (Å²) in [6.45, 7) is -1.73. The van der Waals surface area contributed by atoms with Crippen LogP contribution in [0.2, 0.25) is 0 Å². The van der Waals surface area contributed by atoms with Crippen molar-refractivity contribution in [1.29, 1.82) is 0 Å². The summed E-state index contributed by atoms with van der Waals surface area (Å²) >= 11 is 3.70. The molecule has 0 fully saturated rings. The van der Waals surface area contributed by atoms with Crippen LogP contribution in [0.5, 0.6) is 0 Å². The molecule has 0 amide bonds. The molecule has 9 heavy (non-hydrogen) atoms. The van der Waals surface area contributed by atoms with E-state index in [1.165, 1.54) is 5.16 Å². The number of rotatable bonds is 0. The lowest BCUT2D eigenvalue weighted by molar-refractivity contribution is -0.159. The fourth-order valence-electron chi connectivity index (χ4n) is 0. The average molecular weight is 158 g/mol. The summed E-state index contributed by atoms with van der Waals surface area (Å²) in [7, 11) is 0. The van der Waals surface area contributed by atoms with Gasteiger partial charge in [0.25, 0.3) is 0 Å². The van der Waals surface area contributed by atoms with Gasteiger partial charge in [0.05, 0.1) is 0 Å². The normalized spacial score (nSPS) is 8.89. The van der Waals surface area contributed by atoms with Crippen molar-refractivity contribution in [2.24, 2.45) is 0 Å². The molecule has 0 rings (SSSR count). The van der Waals surface area contributed by atoms with Gasteiger partial charge < -0.3 is 10.5 Å². The molecular formula is C3H3F3NOS-. The van der Waals surface area contributed by atoms with Crippen molar-refractivity contribution >= 4 is 17.4 Å². The zero-order chi connectivity index (χ0) is 7.91. The summed E-state index contributed by atoms with van der Waals surface area (Å²) in [6.07, 6.45) is -4.40. The highest BCUT2D eigenvalue weighted by atomic mass is 32.1. The first-order valence-electron chi connectivity index (χ1n) is 1.66. The van der Waals surface area contributed by atoms with Gasteiger partial charge in [0.2, 0.25) is 0 Å². The molecule has 0 aliphatic carbocycles. The Balaban J connectivity index is 0. The first kappa shape index (κ1) is 11.4. The number of nitrogens with zero attached hydrogens (tertiary/aromatic N) is 1. The molecule has 0 saturated carbocycles. The van der Waals surface area contributed by atoms with E-state index >= 15 is 0 Å². The molecule has 0 heterocycles. The predicted octanol–water partition coefficient (Wildman–Crippen LogP) is 1.20. The third-order valence-corrected chi connectivity index (χ3v) is 0.179. The van der Waals surface area contributed by atoms with E-state index in [2.05, 4.69) is 12.2 Å². The lowest BCUT2D eigenvalue weighted by Crippen LogP contribution is -2.12. The van der Waals surface area contributed by atoms with E-state index in [-0.39, 0.29) is 0 Å². The number of halogens is 3. The van der Waals surface area contributed by atoms with Crippen LogP contribution in [0.15, 0.2) is 0 Å². The van der Waals surface area contributed by atoms with Gasteiger partial charge in [-0.2, -0.15) is 18.3 Å². The van der Waals surface area contributed by atoms with Crippen molar-refractivity contribution in [3.63, 3.8) is 0 Å². The maximum absolute atomic E-state index is 10.5. The van der Waals surface area contributed by atoms with Crippen LogP contribution in [0.4, 0.5) is 13.2 Å². The lowest BCUT2D eigenvalue weighted by atomic mass is 10.7. The van der Waals surface area contributed by atoms with Crippen molar-refractivity contribution in [2.45, 2.75) is 6.18 Å². The van der Waals surface area contributed by atoms with Crippen LogP contribution in [-0.2, 0) is 0 Å². The van der Waals surface area contributed by atoms with Crippen molar-refractivity contribution in [3.8, 4) is 0 Å². The van der Waals surface area contributed by atoms with Gasteiger partial charge in [-0.25, -0.2) is 0 Å². The van der Waals surface area contributed by atoms with Crippen LogP contribution in [0, 0.1) is 0 Å². The first-order chi connectivity index (χ1) is 3.97. The third-order valence-electron chi connectivity index (χ3n) is 0.179. The number of alkyl halides is 3. The topological polar surface area (TPSA) is 42.5 Å². The molecule has 0 unspecified atom stereocenters. The van der Waals surface area contributed by atoms with Crippen molar-refractivity contribution in [2.75, 3.05) is 6.61 Å². The van der Waals surface area contributed by atoms with Crippen LogP contribution in [0.25, 0.3) is 5.41 Å². The van der Waals surface area contributed by atoms with Gasteiger partial charge in [-0.15, -0.1) is 0 Å². The molecule has 0 aromatic rings. The fraction of sp³-hybridized carbons (Fsp3) is 0.667. The van der Waals surface area contributed by atoms with E-state index in [0.29, 0.717) is 0 Å². The predicted molar refractivity (Wildman–Crippen MR) is 29.1 cm³/mol. The molecular weight excluding hydrogens is 155 g/mol. The Morgan fingerprint density at radius 3 is 1.67 bits per heavy atom. The van der Waals surface area contributed by atoms with Gasteiger partial charge in [-0.1, -0.05) is 12.2 Å². The number of thiocarbonyl (C=S) groups is 1. The largest absolute Gasteiger partial charge is 0.753 e. The zero-order valence-electron chi connectivity index (χ0n) is 4.14. The molecule has 0 aromatic carbocycles. The van der Waals surface area contributed by atoms with Gasteiger partial charge in [-0.3, -0.25) is 0 Å². The molecule has 6 heteroatoms. The van der Waals surface area contributed by atoms with E-state index in [1.807, 2.05) is 0 Å². The van der Waals surface area contributed by atoms with Crippen LogP contribution in [0.1, 0.15) is 0 Å². The highest BCUT2D eigenvalue weighted by Crippen LogP contribution is 2.11. The third kappa shape index (κ3) is 35.8. The molecule has 0 aliphatic rings. The van der Waals surface area contributed by atoms with Crippen molar-refractivity contribution < 1.29 is 18.3 Å². The Kier molecular flexibility index (Phi) is 7.17. The van der Waals surface area contributed by atoms with Crippen molar-refractivity contribution in [1.82, 2.24) is 0 Å². The molecule has 0 saturated heterocycles. The number of aliphatic hydroxyl groups excluding tert-OH is 1.